The van der Waals surface area contributed by atoms with E-state index in [-0.39, 0.29) is 5.91 Å². The van der Waals surface area contributed by atoms with Gasteiger partial charge in [-0.25, -0.2) is 0 Å². The van der Waals surface area contributed by atoms with Gasteiger partial charge in [0.1, 0.15) is 5.82 Å². The van der Waals surface area contributed by atoms with E-state index in [2.05, 4.69) is 60.6 Å². The second-order valence-electron chi connectivity index (χ2n) is 6.75. The van der Waals surface area contributed by atoms with Crippen LogP contribution >= 0.6 is 11.8 Å². The average Bonchev–Trinajstić information content (AvgIpc) is 2.93. The summed E-state index contributed by atoms with van der Waals surface area (Å²) in [6.07, 6.45) is 1.98. The smallest absolute Gasteiger partial charge is 0.220 e. The van der Waals surface area contributed by atoms with Crippen LogP contribution in [0.25, 0.3) is 0 Å². The summed E-state index contributed by atoms with van der Waals surface area (Å²) >= 11 is 1.72. The number of hydrogen-bond acceptors (Lipinski definition) is 4. The molecular weight excluding hydrogens is 332 g/mol. The average molecular weight is 361 g/mol. The number of nitrogens with zero attached hydrogens (tertiary/aromatic N) is 3. The monoisotopic (exact) mass is 360 g/mol. The molecule has 5 nitrogen and oxygen atoms in total. The minimum absolute atomic E-state index is 0.0807. The molecule has 0 radical (unpaired) electrons. The molecular formula is C19H28N4OS. The van der Waals surface area contributed by atoms with E-state index >= 15 is 0 Å². The number of hydrogen-bond donors (Lipinski definition) is 1. The molecule has 6 heteroatoms. The lowest BCUT2D eigenvalue weighted by Crippen LogP contribution is -2.26. The zero-order valence-corrected chi connectivity index (χ0v) is 16.4. The Balaban J connectivity index is 1.71. The molecule has 0 aliphatic rings. The second kappa shape index (κ2) is 9.61. The van der Waals surface area contributed by atoms with Gasteiger partial charge in [0.15, 0.2) is 5.16 Å². The summed E-state index contributed by atoms with van der Waals surface area (Å²) in [5.74, 6) is 2.64. The topological polar surface area (TPSA) is 59.8 Å². The van der Waals surface area contributed by atoms with Crippen LogP contribution in [0.1, 0.15) is 37.2 Å². The molecule has 136 valence electrons. The van der Waals surface area contributed by atoms with Gasteiger partial charge in [-0.2, -0.15) is 0 Å². The fraction of sp³-hybridized carbons (Fsp3) is 0.526. The van der Waals surface area contributed by atoms with Crippen molar-refractivity contribution in [2.24, 2.45) is 13.0 Å². The van der Waals surface area contributed by atoms with Gasteiger partial charge in [0.2, 0.25) is 5.91 Å². The summed E-state index contributed by atoms with van der Waals surface area (Å²) in [5.41, 5.74) is 2.43. The van der Waals surface area contributed by atoms with Gasteiger partial charge in [0.25, 0.3) is 0 Å². The summed E-state index contributed by atoms with van der Waals surface area (Å²) in [4.78, 5) is 12.0. The Bertz CT molecular complexity index is 679. The van der Waals surface area contributed by atoms with Gasteiger partial charge in [-0.15, -0.1) is 10.2 Å². The lowest BCUT2D eigenvalue weighted by Gasteiger charge is -2.07. The van der Waals surface area contributed by atoms with Crippen LogP contribution in [0.3, 0.4) is 0 Å². The summed E-state index contributed by atoms with van der Waals surface area (Å²) in [5, 5.41) is 12.4. The molecule has 0 unspecified atom stereocenters. The van der Waals surface area contributed by atoms with Crippen molar-refractivity contribution < 1.29 is 4.79 Å². The van der Waals surface area contributed by atoms with Gasteiger partial charge in [0.05, 0.1) is 0 Å². The number of amides is 1. The quantitative estimate of drug-likeness (QED) is 0.698. The maximum atomic E-state index is 12.0. The predicted octanol–water partition coefficient (Wildman–Crippen LogP) is 3.16. The fourth-order valence-corrected chi connectivity index (χ4v) is 3.22. The van der Waals surface area contributed by atoms with Crippen LogP contribution in [-0.2, 0) is 24.7 Å². The molecule has 2 aromatic rings. The SMILES string of the molecule is Cc1ccc(CCC(=O)NCCc2nnc(SCC(C)C)n2C)cc1. The van der Waals surface area contributed by atoms with Crippen LogP contribution in [-0.4, -0.2) is 33.0 Å². The number of nitrogens with one attached hydrogen (secondary N) is 1. The molecule has 0 spiro atoms. The highest BCUT2D eigenvalue weighted by atomic mass is 32.2. The molecule has 1 amide bonds. The molecule has 0 bridgehead atoms. The first kappa shape index (κ1) is 19.5. The molecule has 1 aromatic heterocycles. The molecule has 0 aliphatic carbocycles. The number of rotatable bonds is 9. The van der Waals surface area contributed by atoms with Crippen molar-refractivity contribution in [2.45, 2.75) is 45.2 Å². The Hall–Kier alpha value is -1.82. The highest BCUT2D eigenvalue weighted by Gasteiger charge is 2.10. The molecule has 2 rings (SSSR count). The van der Waals surface area contributed by atoms with E-state index in [0.717, 1.165) is 23.2 Å². The molecule has 0 fully saturated rings. The highest BCUT2D eigenvalue weighted by molar-refractivity contribution is 7.99. The molecule has 1 heterocycles. The first-order chi connectivity index (χ1) is 12.0. The maximum Gasteiger partial charge on any atom is 0.220 e. The Morgan fingerprint density at radius 3 is 2.60 bits per heavy atom. The van der Waals surface area contributed by atoms with Gasteiger partial charge in [-0.05, 0) is 24.8 Å². The molecule has 1 aromatic carbocycles. The third kappa shape index (κ3) is 6.53. The van der Waals surface area contributed by atoms with Crippen LogP contribution in [0, 0.1) is 12.8 Å². The van der Waals surface area contributed by atoms with Gasteiger partial charge in [0, 0.05) is 32.2 Å². The van der Waals surface area contributed by atoms with Gasteiger partial charge in [-0.3, -0.25) is 4.79 Å². The van der Waals surface area contributed by atoms with Gasteiger partial charge in [-0.1, -0.05) is 55.4 Å². The minimum atomic E-state index is 0.0807. The summed E-state index contributed by atoms with van der Waals surface area (Å²) < 4.78 is 2.02. The highest BCUT2D eigenvalue weighted by Crippen LogP contribution is 2.18. The van der Waals surface area contributed by atoms with E-state index in [4.69, 9.17) is 0 Å². The Morgan fingerprint density at radius 1 is 1.20 bits per heavy atom. The number of thioether (sulfide) groups is 1. The van der Waals surface area contributed by atoms with Crippen molar-refractivity contribution >= 4 is 17.7 Å². The third-order valence-corrected chi connectivity index (χ3v) is 5.35. The lowest BCUT2D eigenvalue weighted by atomic mass is 10.1. The van der Waals surface area contributed by atoms with E-state index in [1.165, 1.54) is 11.1 Å². The zero-order valence-electron chi connectivity index (χ0n) is 15.6. The van der Waals surface area contributed by atoms with Gasteiger partial charge < -0.3 is 9.88 Å². The minimum Gasteiger partial charge on any atom is -0.356 e. The Labute approximate surface area is 154 Å². The molecule has 0 aliphatic heterocycles. The van der Waals surface area contributed by atoms with Crippen LogP contribution in [0.2, 0.25) is 0 Å². The second-order valence-corrected chi connectivity index (χ2v) is 7.74. The Morgan fingerprint density at radius 2 is 1.92 bits per heavy atom. The van der Waals surface area contributed by atoms with Crippen molar-refractivity contribution in [3.05, 3.63) is 41.2 Å². The zero-order chi connectivity index (χ0) is 18.2. The summed E-state index contributed by atoms with van der Waals surface area (Å²) in [6, 6.07) is 8.32. The maximum absolute atomic E-state index is 12.0. The number of benzene rings is 1. The number of aryl methyl sites for hydroxylation is 2. The summed E-state index contributed by atoms with van der Waals surface area (Å²) in [7, 11) is 1.98. The normalized spacial score (nSPS) is 11.1. The summed E-state index contributed by atoms with van der Waals surface area (Å²) in [6.45, 7) is 7.04. The molecule has 0 atom stereocenters. The fourth-order valence-electron chi connectivity index (χ4n) is 2.34. The van der Waals surface area contributed by atoms with Gasteiger partial charge >= 0.3 is 0 Å². The molecule has 0 saturated heterocycles. The van der Waals surface area contributed by atoms with Crippen molar-refractivity contribution in [3.63, 3.8) is 0 Å². The van der Waals surface area contributed by atoms with Crippen molar-refractivity contribution in [1.29, 1.82) is 0 Å². The largest absolute Gasteiger partial charge is 0.356 e. The molecule has 25 heavy (non-hydrogen) atoms. The number of aromatic nitrogens is 3. The van der Waals surface area contributed by atoms with E-state index in [1.807, 2.05) is 11.6 Å². The van der Waals surface area contributed by atoms with Crippen molar-refractivity contribution in [3.8, 4) is 0 Å². The van der Waals surface area contributed by atoms with E-state index in [1.54, 1.807) is 11.8 Å². The first-order valence-corrected chi connectivity index (χ1v) is 9.77. The standard InChI is InChI=1S/C19H28N4OS/c1-14(2)13-25-19-22-21-17(23(19)4)11-12-20-18(24)10-9-16-7-5-15(3)6-8-16/h5-8,14H,9-13H2,1-4H3,(H,20,24). The van der Waals surface area contributed by atoms with E-state index in [9.17, 15) is 4.79 Å². The molecule has 0 saturated carbocycles. The number of carbonyl (C=O) groups excluding carboxylic acids is 1. The van der Waals surface area contributed by atoms with Crippen LogP contribution < -0.4 is 5.32 Å². The lowest BCUT2D eigenvalue weighted by molar-refractivity contribution is -0.121. The Kier molecular flexibility index (Phi) is 7.50. The van der Waals surface area contributed by atoms with Crippen LogP contribution in [0.15, 0.2) is 29.4 Å². The van der Waals surface area contributed by atoms with Crippen LogP contribution in [0.4, 0.5) is 0 Å². The van der Waals surface area contributed by atoms with Crippen molar-refractivity contribution in [1.82, 2.24) is 20.1 Å². The van der Waals surface area contributed by atoms with E-state index < -0.39 is 0 Å². The predicted molar refractivity (Wildman–Crippen MR) is 103 cm³/mol. The first-order valence-electron chi connectivity index (χ1n) is 8.79. The third-order valence-electron chi connectivity index (χ3n) is 3.90. The van der Waals surface area contributed by atoms with E-state index in [0.29, 0.717) is 25.3 Å². The van der Waals surface area contributed by atoms with Crippen molar-refractivity contribution in [2.75, 3.05) is 12.3 Å². The number of carbonyl (C=O) groups is 1. The van der Waals surface area contributed by atoms with Crippen LogP contribution in [0.5, 0.6) is 0 Å². The molecule has 1 N–H and O–H groups in total.